The molecule has 0 bridgehead atoms. The van der Waals surface area contributed by atoms with E-state index in [1.165, 1.54) is 0 Å². The molecule has 3 rings (SSSR count). The first kappa shape index (κ1) is 12.1. The first-order valence-corrected chi connectivity index (χ1v) is 6.39. The van der Waals surface area contributed by atoms with Crippen LogP contribution in [0.15, 0.2) is 30.3 Å². The Labute approximate surface area is 106 Å². The summed E-state index contributed by atoms with van der Waals surface area (Å²) in [7, 11) is 0. The van der Waals surface area contributed by atoms with E-state index in [0.717, 1.165) is 5.56 Å². The van der Waals surface area contributed by atoms with Gasteiger partial charge in [0.05, 0.1) is 18.8 Å². The van der Waals surface area contributed by atoms with Crippen LogP contribution in [0.1, 0.15) is 25.2 Å². The monoisotopic (exact) mass is 250 g/mol. The fourth-order valence-corrected chi connectivity index (χ4v) is 2.62. The lowest BCUT2D eigenvalue weighted by Crippen LogP contribution is -2.54. The molecule has 2 heterocycles. The number of hydrogen-bond acceptors (Lipinski definition) is 4. The number of aliphatic hydroxyl groups is 1. The Bertz CT molecular complexity index is 394. The Hall–Kier alpha value is -0.940. The lowest BCUT2D eigenvalue weighted by atomic mass is 9.97. The van der Waals surface area contributed by atoms with Crippen molar-refractivity contribution in [2.24, 2.45) is 0 Å². The molecular formula is C14H18O4. The first-order chi connectivity index (χ1) is 8.74. The molecule has 1 aromatic carbocycles. The van der Waals surface area contributed by atoms with Crippen molar-refractivity contribution in [2.75, 3.05) is 6.61 Å². The molecule has 18 heavy (non-hydrogen) atoms. The molecule has 0 amide bonds. The summed E-state index contributed by atoms with van der Waals surface area (Å²) in [6, 6.07) is 9.77. The second kappa shape index (κ2) is 4.97. The van der Waals surface area contributed by atoms with Gasteiger partial charge in [-0.3, -0.25) is 0 Å². The largest absolute Gasteiger partial charge is 0.390 e. The maximum Gasteiger partial charge on any atom is 0.184 e. The average molecular weight is 250 g/mol. The second-order valence-corrected chi connectivity index (χ2v) is 4.96. The van der Waals surface area contributed by atoms with Gasteiger partial charge >= 0.3 is 0 Å². The van der Waals surface area contributed by atoms with E-state index >= 15 is 0 Å². The molecule has 5 atom stereocenters. The van der Waals surface area contributed by atoms with Gasteiger partial charge in [0, 0.05) is 12.0 Å². The van der Waals surface area contributed by atoms with Crippen molar-refractivity contribution >= 4 is 0 Å². The highest BCUT2D eigenvalue weighted by Gasteiger charge is 2.42. The molecule has 0 radical (unpaired) electrons. The molecule has 0 spiro atoms. The fraction of sp³-hybridized carbons (Fsp3) is 0.571. The predicted molar refractivity (Wildman–Crippen MR) is 65.0 cm³/mol. The lowest BCUT2D eigenvalue weighted by molar-refractivity contribution is -0.308. The lowest BCUT2D eigenvalue weighted by Gasteiger charge is -2.43. The summed E-state index contributed by atoms with van der Waals surface area (Å²) < 4.78 is 17.2. The molecule has 0 aromatic heterocycles. The van der Waals surface area contributed by atoms with Crippen LogP contribution in [0, 0.1) is 0 Å². The third-order valence-corrected chi connectivity index (χ3v) is 3.49. The topological polar surface area (TPSA) is 47.9 Å². The summed E-state index contributed by atoms with van der Waals surface area (Å²) in [6.07, 6.45) is -0.665. The zero-order valence-electron chi connectivity index (χ0n) is 10.4. The SMILES string of the molecule is CC1CC(O)C2OC(c3ccccc3)OCC2O1. The zero-order valence-corrected chi connectivity index (χ0v) is 10.4. The minimum atomic E-state index is -0.478. The average Bonchev–Trinajstić information content (AvgIpc) is 2.39. The van der Waals surface area contributed by atoms with Crippen LogP contribution in [-0.4, -0.2) is 36.1 Å². The molecule has 1 N–H and O–H groups in total. The summed E-state index contributed by atoms with van der Waals surface area (Å²) >= 11 is 0. The number of fused-ring (bicyclic) bond motifs is 1. The van der Waals surface area contributed by atoms with Gasteiger partial charge in [-0.1, -0.05) is 30.3 Å². The summed E-state index contributed by atoms with van der Waals surface area (Å²) in [5, 5.41) is 10.1. The van der Waals surface area contributed by atoms with E-state index in [0.29, 0.717) is 13.0 Å². The van der Waals surface area contributed by atoms with Crippen LogP contribution in [0.25, 0.3) is 0 Å². The van der Waals surface area contributed by atoms with E-state index in [4.69, 9.17) is 14.2 Å². The number of ether oxygens (including phenoxy) is 3. The number of hydrogen-bond donors (Lipinski definition) is 1. The smallest absolute Gasteiger partial charge is 0.184 e. The summed E-state index contributed by atoms with van der Waals surface area (Å²) in [5.74, 6) is 0. The standard InChI is InChI=1S/C14H18O4/c1-9-7-11(15)13-12(17-9)8-16-14(18-13)10-5-3-2-4-6-10/h2-6,9,11-15H,7-8H2,1H3. The highest BCUT2D eigenvalue weighted by atomic mass is 16.7. The van der Waals surface area contributed by atoms with Gasteiger partial charge in [0.2, 0.25) is 0 Å². The van der Waals surface area contributed by atoms with Crippen molar-refractivity contribution in [3.05, 3.63) is 35.9 Å². The van der Waals surface area contributed by atoms with E-state index in [2.05, 4.69) is 0 Å². The normalized spacial score (nSPS) is 40.2. The number of rotatable bonds is 1. The third-order valence-electron chi connectivity index (χ3n) is 3.49. The Kier molecular flexibility index (Phi) is 3.35. The predicted octanol–water partition coefficient (Wildman–Crippen LogP) is 1.64. The molecule has 4 nitrogen and oxygen atoms in total. The molecule has 98 valence electrons. The van der Waals surface area contributed by atoms with Crippen LogP contribution in [0.3, 0.4) is 0 Å². The zero-order chi connectivity index (χ0) is 12.5. The van der Waals surface area contributed by atoms with Gasteiger partial charge in [-0.15, -0.1) is 0 Å². The molecule has 2 aliphatic rings. The molecule has 0 aliphatic carbocycles. The van der Waals surface area contributed by atoms with Crippen molar-refractivity contribution in [1.82, 2.24) is 0 Å². The van der Waals surface area contributed by atoms with Gasteiger partial charge in [0.1, 0.15) is 12.2 Å². The molecule has 2 aliphatic heterocycles. The minimum absolute atomic E-state index is 0.0572. The molecule has 2 fully saturated rings. The summed E-state index contributed by atoms with van der Waals surface area (Å²) in [4.78, 5) is 0. The summed E-state index contributed by atoms with van der Waals surface area (Å²) in [6.45, 7) is 2.42. The van der Waals surface area contributed by atoms with E-state index in [1.807, 2.05) is 37.3 Å². The Morgan fingerprint density at radius 2 is 1.94 bits per heavy atom. The second-order valence-electron chi connectivity index (χ2n) is 4.96. The molecule has 1 aromatic rings. The van der Waals surface area contributed by atoms with Crippen LogP contribution in [0.2, 0.25) is 0 Å². The van der Waals surface area contributed by atoms with Crippen LogP contribution in [0.4, 0.5) is 0 Å². The van der Waals surface area contributed by atoms with E-state index in [1.54, 1.807) is 0 Å². The Balaban J connectivity index is 1.73. The van der Waals surface area contributed by atoms with Gasteiger partial charge in [-0.2, -0.15) is 0 Å². The third kappa shape index (κ3) is 2.29. The molecule has 2 saturated heterocycles. The molecule has 4 heteroatoms. The van der Waals surface area contributed by atoms with Gasteiger partial charge in [-0.25, -0.2) is 0 Å². The maximum atomic E-state index is 10.1. The highest BCUT2D eigenvalue weighted by Crippen LogP contribution is 2.33. The van der Waals surface area contributed by atoms with Crippen molar-refractivity contribution in [1.29, 1.82) is 0 Å². The number of benzene rings is 1. The van der Waals surface area contributed by atoms with E-state index in [-0.39, 0.29) is 18.3 Å². The van der Waals surface area contributed by atoms with Crippen molar-refractivity contribution in [3.8, 4) is 0 Å². The van der Waals surface area contributed by atoms with Crippen molar-refractivity contribution < 1.29 is 19.3 Å². The van der Waals surface area contributed by atoms with Gasteiger partial charge < -0.3 is 19.3 Å². The van der Waals surface area contributed by atoms with Crippen molar-refractivity contribution in [3.63, 3.8) is 0 Å². The van der Waals surface area contributed by atoms with E-state index in [9.17, 15) is 5.11 Å². The first-order valence-electron chi connectivity index (χ1n) is 6.39. The Morgan fingerprint density at radius 3 is 2.72 bits per heavy atom. The summed E-state index contributed by atoms with van der Waals surface area (Å²) in [5.41, 5.74) is 0.974. The molecular weight excluding hydrogens is 232 g/mol. The van der Waals surface area contributed by atoms with Crippen molar-refractivity contribution in [2.45, 2.75) is 44.1 Å². The maximum absolute atomic E-state index is 10.1. The van der Waals surface area contributed by atoms with Crippen LogP contribution in [-0.2, 0) is 14.2 Å². The Morgan fingerprint density at radius 1 is 1.17 bits per heavy atom. The molecule has 0 saturated carbocycles. The molecule has 5 unspecified atom stereocenters. The van der Waals surface area contributed by atoms with Gasteiger partial charge in [0.25, 0.3) is 0 Å². The fourth-order valence-electron chi connectivity index (χ4n) is 2.62. The van der Waals surface area contributed by atoms with Crippen LogP contribution < -0.4 is 0 Å². The van der Waals surface area contributed by atoms with Gasteiger partial charge in [0.15, 0.2) is 6.29 Å². The van der Waals surface area contributed by atoms with Gasteiger partial charge in [-0.05, 0) is 6.92 Å². The van der Waals surface area contributed by atoms with Crippen LogP contribution in [0.5, 0.6) is 0 Å². The van der Waals surface area contributed by atoms with Crippen LogP contribution >= 0.6 is 0 Å². The quantitative estimate of drug-likeness (QED) is 0.823. The number of aliphatic hydroxyl groups excluding tert-OH is 1. The highest BCUT2D eigenvalue weighted by molar-refractivity contribution is 5.16. The minimum Gasteiger partial charge on any atom is -0.390 e. The van der Waals surface area contributed by atoms with E-state index < -0.39 is 12.4 Å².